The molecule has 0 bridgehead atoms. The minimum absolute atomic E-state index is 0.0323. The average molecular weight is 352 g/mol. The zero-order valence-corrected chi connectivity index (χ0v) is 12.8. The topological polar surface area (TPSA) is 52.0 Å². The Kier molecular flexibility index (Phi) is 4.70. The second-order valence-corrected chi connectivity index (χ2v) is 5.45. The molecular weight excluding hydrogens is 346 g/mol. The van der Waals surface area contributed by atoms with Gasteiger partial charge in [0.1, 0.15) is 11.6 Å². The van der Waals surface area contributed by atoms with Gasteiger partial charge in [-0.1, -0.05) is 46.4 Å². The molecule has 2 aromatic rings. The van der Waals surface area contributed by atoms with E-state index in [1.807, 2.05) is 0 Å². The fourth-order valence-corrected chi connectivity index (χ4v) is 2.28. The van der Waals surface area contributed by atoms with Crippen molar-refractivity contribution in [1.82, 2.24) is 9.78 Å². The number of Topliss-reactive ketones (excluding diaryl/α,β-unsaturated/α-hetero) is 1. The van der Waals surface area contributed by atoms with E-state index < -0.39 is 5.56 Å². The molecule has 0 aliphatic heterocycles. The van der Waals surface area contributed by atoms with E-state index in [4.69, 9.17) is 46.4 Å². The molecule has 0 radical (unpaired) electrons. The standard InChI is InChI=1S/C12H6Cl4N2O2/c13-6-1-2-7(8(14)3-6)10(19)5-18-12(20)11(16)9(15)4-17-18/h1-4H,5H2. The lowest BCUT2D eigenvalue weighted by Gasteiger charge is -2.06. The summed E-state index contributed by atoms with van der Waals surface area (Å²) in [5.74, 6) is -0.389. The molecule has 8 heteroatoms. The molecule has 4 nitrogen and oxygen atoms in total. The number of ketones is 1. The van der Waals surface area contributed by atoms with Crippen LogP contribution in [0.15, 0.2) is 29.2 Å². The van der Waals surface area contributed by atoms with E-state index in [1.54, 1.807) is 0 Å². The Bertz CT molecular complexity index is 743. The van der Waals surface area contributed by atoms with Gasteiger partial charge in [-0.3, -0.25) is 9.59 Å². The second kappa shape index (κ2) is 6.14. The van der Waals surface area contributed by atoms with Crippen molar-refractivity contribution in [1.29, 1.82) is 0 Å². The van der Waals surface area contributed by atoms with Crippen molar-refractivity contribution in [2.45, 2.75) is 6.54 Å². The highest BCUT2D eigenvalue weighted by Gasteiger charge is 2.15. The summed E-state index contributed by atoms with van der Waals surface area (Å²) in [7, 11) is 0. The first-order valence-corrected chi connectivity index (χ1v) is 6.80. The minimum Gasteiger partial charge on any atom is -0.292 e. The van der Waals surface area contributed by atoms with Crippen LogP contribution in [0.5, 0.6) is 0 Å². The SMILES string of the molecule is O=C(Cn1ncc(Cl)c(Cl)c1=O)c1ccc(Cl)cc1Cl. The molecule has 0 spiro atoms. The molecule has 0 unspecified atom stereocenters. The molecule has 0 atom stereocenters. The van der Waals surface area contributed by atoms with E-state index in [0.29, 0.717) is 5.02 Å². The van der Waals surface area contributed by atoms with Crippen molar-refractivity contribution in [3.05, 3.63) is 60.4 Å². The number of carbonyl (C=O) groups is 1. The monoisotopic (exact) mass is 350 g/mol. The molecule has 0 fully saturated rings. The van der Waals surface area contributed by atoms with Crippen LogP contribution >= 0.6 is 46.4 Å². The first kappa shape index (κ1) is 15.3. The van der Waals surface area contributed by atoms with Crippen molar-refractivity contribution in [2.24, 2.45) is 0 Å². The Hall–Kier alpha value is -1.07. The quantitative estimate of drug-likeness (QED) is 0.791. The maximum absolute atomic E-state index is 12.1. The van der Waals surface area contributed by atoms with Crippen molar-refractivity contribution in [2.75, 3.05) is 0 Å². The molecular formula is C12H6Cl4N2O2. The first-order valence-electron chi connectivity index (χ1n) is 5.29. The van der Waals surface area contributed by atoms with Gasteiger partial charge in [-0.05, 0) is 18.2 Å². The van der Waals surface area contributed by atoms with E-state index in [-0.39, 0.29) is 33.0 Å². The molecule has 0 aliphatic rings. The summed E-state index contributed by atoms with van der Waals surface area (Å²) in [5, 5.41) is 4.22. The Labute approximate surface area is 133 Å². The van der Waals surface area contributed by atoms with Crippen LogP contribution in [0.25, 0.3) is 0 Å². The normalized spacial score (nSPS) is 10.6. The zero-order chi connectivity index (χ0) is 14.9. The van der Waals surface area contributed by atoms with Crippen LogP contribution in [0.4, 0.5) is 0 Å². The van der Waals surface area contributed by atoms with Gasteiger partial charge < -0.3 is 0 Å². The van der Waals surface area contributed by atoms with Gasteiger partial charge in [0.05, 0.1) is 16.2 Å². The Morgan fingerprint density at radius 1 is 1.15 bits per heavy atom. The van der Waals surface area contributed by atoms with Crippen molar-refractivity contribution >= 4 is 52.2 Å². The molecule has 1 aromatic heterocycles. The highest BCUT2D eigenvalue weighted by Crippen LogP contribution is 2.22. The number of aromatic nitrogens is 2. The number of hydrogen-bond acceptors (Lipinski definition) is 3. The van der Waals surface area contributed by atoms with E-state index in [2.05, 4.69) is 5.10 Å². The number of nitrogens with zero attached hydrogens (tertiary/aromatic N) is 2. The second-order valence-electron chi connectivity index (χ2n) is 3.82. The fourth-order valence-electron chi connectivity index (χ4n) is 1.49. The third-order valence-electron chi connectivity index (χ3n) is 2.47. The zero-order valence-electron chi connectivity index (χ0n) is 9.74. The minimum atomic E-state index is -0.641. The van der Waals surface area contributed by atoms with Crippen LogP contribution in [0, 0.1) is 0 Å². The van der Waals surface area contributed by atoms with E-state index in [0.717, 1.165) is 4.68 Å². The summed E-state index contributed by atoms with van der Waals surface area (Å²) < 4.78 is 0.918. The Balaban J connectivity index is 2.33. The summed E-state index contributed by atoms with van der Waals surface area (Å²) in [5.41, 5.74) is -0.395. The van der Waals surface area contributed by atoms with Gasteiger partial charge in [0.25, 0.3) is 5.56 Å². The number of hydrogen-bond donors (Lipinski definition) is 0. The van der Waals surface area contributed by atoms with Gasteiger partial charge in [0, 0.05) is 10.6 Å². The summed E-state index contributed by atoms with van der Waals surface area (Å²) in [6, 6.07) is 4.46. The number of rotatable bonds is 3. The highest BCUT2D eigenvalue weighted by molar-refractivity contribution is 6.41. The molecule has 0 amide bonds. The highest BCUT2D eigenvalue weighted by atomic mass is 35.5. The van der Waals surface area contributed by atoms with Gasteiger partial charge in [0.2, 0.25) is 0 Å². The lowest BCUT2D eigenvalue weighted by atomic mass is 10.1. The smallest absolute Gasteiger partial charge is 0.287 e. The van der Waals surface area contributed by atoms with Crippen LogP contribution in [-0.4, -0.2) is 15.6 Å². The van der Waals surface area contributed by atoms with Gasteiger partial charge in [-0.15, -0.1) is 0 Å². The predicted molar refractivity (Wildman–Crippen MR) is 79.3 cm³/mol. The van der Waals surface area contributed by atoms with Crippen molar-refractivity contribution in [3.63, 3.8) is 0 Å². The van der Waals surface area contributed by atoms with Gasteiger partial charge in [-0.25, -0.2) is 4.68 Å². The van der Waals surface area contributed by atoms with E-state index in [1.165, 1.54) is 24.4 Å². The molecule has 0 saturated carbocycles. The van der Waals surface area contributed by atoms with E-state index in [9.17, 15) is 9.59 Å². The third-order valence-corrected chi connectivity index (χ3v) is 3.76. The van der Waals surface area contributed by atoms with Crippen LogP contribution < -0.4 is 5.56 Å². The number of benzene rings is 1. The Morgan fingerprint density at radius 2 is 1.85 bits per heavy atom. The molecule has 1 heterocycles. The molecule has 1 aromatic carbocycles. The summed E-state index contributed by atoms with van der Waals surface area (Å²) in [6.07, 6.45) is 1.20. The van der Waals surface area contributed by atoms with Gasteiger partial charge in [0.15, 0.2) is 5.78 Å². The molecule has 0 aliphatic carbocycles. The largest absolute Gasteiger partial charge is 0.292 e. The lowest BCUT2D eigenvalue weighted by molar-refractivity contribution is 0.0966. The lowest BCUT2D eigenvalue weighted by Crippen LogP contribution is -2.27. The number of carbonyl (C=O) groups excluding carboxylic acids is 1. The van der Waals surface area contributed by atoms with Crippen molar-refractivity contribution < 1.29 is 4.79 Å². The molecule has 0 N–H and O–H groups in total. The Morgan fingerprint density at radius 3 is 2.50 bits per heavy atom. The maximum Gasteiger partial charge on any atom is 0.287 e. The van der Waals surface area contributed by atoms with Crippen LogP contribution in [0.3, 0.4) is 0 Å². The summed E-state index contributed by atoms with van der Waals surface area (Å²) in [4.78, 5) is 23.9. The summed E-state index contributed by atoms with van der Waals surface area (Å²) in [6.45, 7) is -0.295. The van der Waals surface area contributed by atoms with Crippen LogP contribution in [-0.2, 0) is 6.54 Å². The van der Waals surface area contributed by atoms with E-state index >= 15 is 0 Å². The maximum atomic E-state index is 12.1. The van der Waals surface area contributed by atoms with Crippen LogP contribution in [0.2, 0.25) is 20.1 Å². The molecule has 20 heavy (non-hydrogen) atoms. The van der Waals surface area contributed by atoms with Crippen LogP contribution in [0.1, 0.15) is 10.4 Å². The third kappa shape index (κ3) is 3.15. The predicted octanol–water partition coefficient (Wildman–Crippen LogP) is 3.74. The first-order chi connectivity index (χ1) is 9.40. The van der Waals surface area contributed by atoms with Gasteiger partial charge >= 0.3 is 0 Å². The summed E-state index contributed by atoms with van der Waals surface area (Å²) >= 11 is 23.0. The fraction of sp³-hybridized carbons (Fsp3) is 0.0833. The molecule has 0 saturated heterocycles. The average Bonchev–Trinajstić information content (AvgIpc) is 2.39. The van der Waals surface area contributed by atoms with Crippen molar-refractivity contribution in [3.8, 4) is 0 Å². The molecule has 104 valence electrons. The molecule has 2 rings (SSSR count). The number of halogens is 4. The van der Waals surface area contributed by atoms with Gasteiger partial charge in [-0.2, -0.15) is 5.10 Å².